The molecule has 1 aliphatic heterocycles. The molecule has 0 spiro atoms. The second-order valence-electron chi connectivity index (χ2n) is 7.10. The van der Waals surface area contributed by atoms with Gasteiger partial charge in [-0.05, 0) is 31.5 Å². The molecule has 1 N–H and O–H groups in total. The van der Waals surface area contributed by atoms with Gasteiger partial charge in [-0.25, -0.2) is 0 Å². The quantitative estimate of drug-likeness (QED) is 0.402. The number of Topliss-reactive ketones (excluding diaryl/α,β-unsaturated/α-hetero) is 1. The van der Waals surface area contributed by atoms with E-state index in [1.165, 1.54) is 4.90 Å². The van der Waals surface area contributed by atoms with Crippen LogP contribution in [0.5, 0.6) is 5.75 Å². The fraction of sp³-hybridized carbons (Fsp3) is 0.174. The molecule has 2 aromatic carbocycles. The Morgan fingerprint density at radius 2 is 1.73 bits per heavy atom. The van der Waals surface area contributed by atoms with Crippen LogP contribution in [0, 0.1) is 13.8 Å². The van der Waals surface area contributed by atoms with Crippen molar-refractivity contribution in [2.75, 3.05) is 12.0 Å². The van der Waals surface area contributed by atoms with E-state index >= 15 is 0 Å². The molecule has 30 heavy (non-hydrogen) atoms. The van der Waals surface area contributed by atoms with Crippen LogP contribution in [0.25, 0.3) is 5.76 Å². The van der Waals surface area contributed by atoms with Gasteiger partial charge < -0.3 is 14.4 Å². The number of carbonyl (C=O) groups excluding carboxylic acids is 2. The Labute approximate surface area is 173 Å². The molecule has 3 aromatic rings. The first-order valence-electron chi connectivity index (χ1n) is 9.36. The normalized spacial score (nSPS) is 18.1. The Kier molecular flexibility index (Phi) is 4.87. The van der Waals surface area contributed by atoms with Gasteiger partial charge in [0.25, 0.3) is 5.78 Å². The van der Waals surface area contributed by atoms with Crippen LogP contribution < -0.4 is 9.64 Å². The number of aliphatic hydroxyl groups is 1. The smallest absolute Gasteiger partial charge is 0.301 e. The molecule has 0 unspecified atom stereocenters. The van der Waals surface area contributed by atoms with Crippen molar-refractivity contribution in [3.63, 3.8) is 0 Å². The summed E-state index contributed by atoms with van der Waals surface area (Å²) >= 11 is 0. The van der Waals surface area contributed by atoms with Crippen molar-refractivity contribution in [3.8, 4) is 5.75 Å². The van der Waals surface area contributed by atoms with E-state index in [4.69, 9.17) is 9.26 Å². The van der Waals surface area contributed by atoms with Crippen LogP contribution >= 0.6 is 0 Å². The molecule has 152 valence electrons. The molecule has 0 bridgehead atoms. The number of benzene rings is 2. The van der Waals surface area contributed by atoms with Crippen LogP contribution in [-0.4, -0.2) is 29.1 Å². The maximum absolute atomic E-state index is 13.0. The molecule has 7 heteroatoms. The molecule has 1 amide bonds. The molecule has 4 rings (SSSR count). The average Bonchev–Trinajstić information content (AvgIpc) is 3.29. The monoisotopic (exact) mass is 404 g/mol. The second-order valence-corrected chi connectivity index (χ2v) is 7.10. The maximum atomic E-state index is 13.0. The van der Waals surface area contributed by atoms with Crippen molar-refractivity contribution in [2.24, 2.45) is 0 Å². The highest BCUT2D eigenvalue weighted by molar-refractivity contribution is 6.51. The molecular weight excluding hydrogens is 384 g/mol. The first-order chi connectivity index (χ1) is 14.4. The lowest BCUT2D eigenvalue weighted by molar-refractivity contribution is -0.132. The van der Waals surface area contributed by atoms with Crippen LogP contribution in [0.2, 0.25) is 0 Å². The number of ketones is 1. The highest BCUT2D eigenvalue weighted by atomic mass is 16.5. The third-order valence-electron chi connectivity index (χ3n) is 5.06. The number of aliphatic hydroxyl groups excluding tert-OH is 1. The first kappa shape index (κ1) is 19.4. The lowest BCUT2D eigenvalue weighted by Crippen LogP contribution is -2.29. The van der Waals surface area contributed by atoms with Gasteiger partial charge in [-0.1, -0.05) is 47.1 Å². The minimum absolute atomic E-state index is 0.00493. The molecule has 0 saturated carbocycles. The number of hydrogen-bond donors (Lipinski definition) is 1. The van der Waals surface area contributed by atoms with Gasteiger partial charge in [-0.3, -0.25) is 14.5 Å². The van der Waals surface area contributed by atoms with Crippen molar-refractivity contribution in [2.45, 2.75) is 19.9 Å². The Balaban J connectivity index is 1.92. The number of anilines is 1. The number of carbonyl (C=O) groups is 2. The Morgan fingerprint density at radius 1 is 1.07 bits per heavy atom. The van der Waals surface area contributed by atoms with Gasteiger partial charge in [0.1, 0.15) is 17.3 Å². The molecule has 1 aliphatic rings. The lowest BCUT2D eigenvalue weighted by Gasteiger charge is -2.23. The summed E-state index contributed by atoms with van der Waals surface area (Å²) in [7, 11) is 1.55. The zero-order valence-electron chi connectivity index (χ0n) is 16.7. The van der Waals surface area contributed by atoms with Crippen LogP contribution in [0.1, 0.15) is 28.5 Å². The van der Waals surface area contributed by atoms with Crippen molar-refractivity contribution in [1.82, 2.24) is 5.16 Å². The molecule has 7 nitrogen and oxygen atoms in total. The van der Waals surface area contributed by atoms with E-state index in [2.05, 4.69) is 5.16 Å². The third-order valence-corrected chi connectivity index (χ3v) is 5.06. The number of aryl methyl sites for hydroxylation is 2. The maximum Gasteiger partial charge on any atom is 0.301 e. The van der Waals surface area contributed by atoms with E-state index < -0.39 is 17.7 Å². The predicted molar refractivity (Wildman–Crippen MR) is 110 cm³/mol. The Hall–Kier alpha value is -3.87. The van der Waals surface area contributed by atoms with E-state index in [-0.39, 0.29) is 17.2 Å². The summed E-state index contributed by atoms with van der Waals surface area (Å²) in [6.45, 7) is 3.62. The molecule has 0 aliphatic carbocycles. The molecule has 1 aromatic heterocycles. The summed E-state index contributed by atoms with van der Waals surface area (Å²) in [6, 6.07) is 14.8. The number of aromatic nitrogens is 1. The van der Waals surface area contributed by atoms with Crippen molar-refractivity contribution < 1.29 is 24.0 Å². The van der Waals surface area contributed by atoms with E-state index in [9.17, 15) is 14.7 Å². The van der Waals surface area contributed by atoms with E-state index in [0.29, 0.717) is 22.6 Å². The number of nitrogens with zero attached hydrogens (tertiary/aromatic N) is 2. The highest BCUT2D eigenvalue weighted by Gasteiger charge is 2.48. The van der Waals surface area contributed by atoms with Crippen LogP contribution in [-0.2, 0) is 9.59 Å². The summed E-state index contributed by atoms with van der Waals surface area (Å²) in [5.74, 6) is -0.465. The van der Waals surface area contributed by atoms with Crippen molar-refractivity contribution in [1.29, 1.82) is 0 Å². The van der Waals surface area contributed by atoms with Crippen molar-refractivity contribution in [3.05, 3.63) is 82.6 Å². The van der Waals surface area contributed by atoms with Gasteiger partial charge in [0.2, 0.25) is 0 Å². The summed E-state index contributed by atoms with van der Waals surface area (Å²) < 4.78 is 10.3. The summed E-state index contributed by atoms with van der Waals surface area (Å²) in [5.41, 5.74) is 2.09. The van der Waals surface area contributed by atoms with Gasteiger partial charge in [-0.15, -0.1) is 0 Å². The van der Waals surface area contributed by atoms with Crippen molar-refractivity contribution >= 4 is 23.3 Å². The summed E-state index contributed by atoms with van der Waals surface area (Å²) in [4.78, 5) is 27.2. The van der Waals surface area contributed by atoms with Crippen LogP contribution in [0.4, 0.5) is 5.82 Å². The summed E-state index contributed by atoms with van der Waals surface area (Å²) in [6.07, 6.45) is 0. The van der Waals surface area contributed by atoms with E-state index in [0.717, 1.165) is 5.56 Å². The van der Waals surface area contributed by atoms with Gasteiger partial charge >= 0.3 is 5.91 Å². The van der Waals surface area contributed by atoms with Gasteiger partial charge in [0, 0.05) is 11.6 Å². The van der Waals surface area contributed by atoms with Gasteiger partial charge in [0.15, 0.2) is 5.82 Å². The Bertz CT molecular complexity index is 1140. The zero-order valence-corrected chi connectivity index (χ0v) is 16.7. The average molecular weight is 404 g/mol. The number of rotatable bonds is 4. The summed E-state index contributed by atoms with van der Waals surface area (Å²) in [5, 5.41) is 14.9. The first-order valence-corrected chi connectivity index (χ1v) is 9.36. The molecular formula is C23H20N2O5. The number of methoxy groups -OCH3 is 1. The van der Waals surface area contributed by atoms with Gasteiger partial charge in [0.05, 0.1) is 18.7 Å². The SMILES string of the molecule is COc1ccc([C@@H]2C(=C(O)c3ccc(C)cc3)C(=O)C(=O)N2c2cc(C)on2)cc1. The van der Waals surface area contributed by atoms with Crippen LogP contribution in [0.3, 0.4) is 0 Å². The fourth-order valence-corrected chi connectivity index (χ4v) is 3.50. The van der Waals surface area contributed by atoms with Gasteiger partial charge in [-0.2, -0.15) is 0 Å². The molecule has 1 saturated heterocycles. The predicted octanol–water partition coefficient (Wildman–Crippen LogP) is 3.93. The third kappa shape index (κ3) is 3.24. The van der Waals surface area contributed by atoms with Crippen LogP contribution in [0.15, 0.2) is 64.7 Å². The largest absolute Gasteiger partial charge is 0.507 e. The zero-order chi connectivity index (χ0) is 21.4. The van der Waals surface area contributed by atoms with E-state index in [1.54, 1.807) is 56.5 Å². The standard InChI is InChI=1S/C23H20N2O5/c1-13-4-6-16(7-5-13)21(26)19-20(15-8-10-17(29-3)11-9-15)25(23(28)22(19)27)18-12-14(2)30-24-18/h4-12,20,26H,1-3H3/t20-/m1/s1. The number of ether oxygens (including phenoxy) is 1. The van der Waals surface area contributed by atoms with E-state index in [1.807, 2.05) is 19.1 Å². The minimum Gasteiger partial charge on any atom is -0.507 e. The Morgan fingerprint density at radius 3 is 2.30 bits per heavy atom. The highest BCUT2D eigenvalue weighted by Crippen LogP contribution is 2.42. The lowest BCUT2D eigenvalue weighted by atomic mass is 9.95. The molecule has 0 radical (unpaired) electrons. The topological polar surface area (TPSA) is 92.9 Å². The second kappa shape index (κ2) is 7.51. The molecule has 2 heterocycles. The number of hydrogen-bond acceptors (Lipinski definition) is 6. The number of amides is 1. The molecule has 1 fully saturated rings. The fourth-order valence-electron chi connectivity index (χ4n) is 3.50. The minimum atomic E-state index is -0.860. The molecule has 1 atom stereocenters.